The Morgan fingerprint density at radius 3 is 2.48 bits per heavy atom. The zero-order chi connectivity index (χ0) is 15.4. The van der Waals surface area contributed by atoms with Crippen LogP contribution in [0.3, 0.4) is 0 Å². The fraction of sp³-hybridized carbons (Fsp3) is 0.467. The Morgan fingerprint density at radius 2 is 1.90 bits per heavy atom. The molecule has 0 aliphatic heterocycles. The molecule has 0 spiro atoms. The molecule has 1 atom stereocenters. The highest BCUT2D eigenvalue weighted by Crippen LogP contribution is 2.27. The summed E-state index contributed by atoms with van der Waals surface area (Å²) in [5, 5.41) is 21.6. The second-order valence-electron chi connectivity index (χ2n) is 5.35. The Labute approximate surface area is 136 Å². The average molecular weight is 403 g/mol. The van der Waals surface area contributed by atoms with Crippen LogP contribution in [-0.4, -0.2) is 28.1 Å². The number of carboxylic acids is 1. The number of halogens is 1. The van der Waals surface area contributed by atoms with Crippen LogP contribution in [0.1, 0.15) is 42.5 Å². The number of carbonyl (C=O) groups is 2. The Bertz CT molecular complexity index is 540. The predicted octanol–water partition coefficient (Wildman–Crippen LogP) is 2.76. The maximum Gasteiger partial charge on any atom is 0.326 e. The lowest BCUT2D eigenvalue weighted by atomic mass is 9.84. The van der Waals surface area contributed by atoms with E-state index in [0.717, 1.165) is 32.1 Å². The van der Waals surface area contributed by atoms with E-state index in [-0.39, 0.29) is 17.2 Å². The Morgan fingerprint density at radius 1 is 1.24 bits per heavy atom. The molecular weight excluding hydrogens is 385 g/mol. The van der Waals surface area contributed by atoms with Crippen LogP contribution >= 0.6 is 22.6 Å². The molecule has 1 fully saturated rings. The first-order chi connectivity index (χ1) is 9.99. The minimum atomic E-state index is -0.995. The summed E-state index contributed by atoms with van der Waals surface area (Å²) in [5.41, 5.74) is 0.273. The summed E-state index contributed by atoms with van der Waals surface area (Å²) in [6, 6.07) is 3.70. The van der Waals surface area contributed by atoms with Crippen molar-refractivity contribution in [3.8, 4) is 5.75 Å². The van der Waals surface area contributed by atoms with Gasteiger partial charge in [0.1, 0.15) is 11.8 Å². The first kappa shape index (κ1) is 16.1. The fourth-order valence-corrected chi connectivity index (χ4v) is 3.06. The van der Waals surface area contributed by atoms with Crippen molar-refractivity contribution < 1.29 is 19.8 Å². The van der Waals surface area contributed by atoms with Crippen LogP contribution in [0.15, 0.2) is 18.2 Å². The van der Waals surface area contributed by atoms with Crippen molar-refractivity contribution in [3.63, 3.8) is 0 Å². The number of hydrogen-bond donors (Lipinski definition) is 3. The Hall–Kier alpha value is -1.31. The number of phenolic OH excluding ortho intramolecular Hbond substituents is 1. The van der Waals surface area contributed by atoms with E-state index < -0.39 is 17.9 Å². The summed E-state index contributed by atoms with van der Waals surface area (Å²) in [6.07, 6.45) is 4.80. The number of carbonyl (C=O) groups excluding carboxylic acids is 1. The number of hydrogen-bond acceptors (Lipinski definition) is 3. The normalized spacial score (nSPS) is 17.2. The van der Waals surface area contributed by atoms with Crippen LogP contribution in [0.5, 0.6) is 5.75 Å². The van der Waals surface area contributed by atoms with Gasteiger partial charge in [0.15, 0.2) is 0 Å². The van der Waals surface area contributed by atoms with Crippen LogP contribution in [-0.2, 0) is 4.79 Å². The summed E-state index contributed by atoms with van der Waals surface area (Å²) >= 11 is 1.96. The first-order valence-electron chi connectivity index (χ1n) is 7.01. The van der Waals surface area contributed by atoms with Crippen molar-refractivity contribution in [2.45, 2.75) is 38.1 Å². The van der Waals surface area contributed by atoms with Crippen molar-refractivity contribution in [1.29, 1.82) is 0 Å². The second-order valence-corrected chi connectivity index (χ2v) is 6.52. The number of phenols is 1. The van der Waals surface area contributed by atoms with Gasteiger partial charge in [-0.2, -0.15) is 0 Å². The van der Waals surface area contributed by atoms with Crippen molar-refractivity contribution in [3.05, 3.63) is 27.3 Å². The lowest BCUT2D eigenvalue weighted by Gasteiger charge is -2.28. The zero-order valence-electron chi connectivity index (χ0n) is 11.5. The topological polar surface area (TPSA) is 86.6 Å². The van der Waals surface area contributed by atoms with Gasteiger partial charge in [-0.25, -0.2) is 4.79 Å². The first-order valence-corrected chi connectivity index (χ1v) is 8.09. The molecule has 0 bridgehead atoms. The maximum absolute atomic E-state index is 12.2. The van der Waals surface area contributed by atoms with Gasteiger partial charge < -0.3 is 15.5 Å². The zero-order valence-corrected chi connectivity index (χ0v) is 13.7. The van der Waals surface area contributed by atoms with Crippen LogP contribution in [0, 0.1) is 9.49 Å². The van der Waals surface area contributed by atoms with Gasteiger partial charge in [0.05, 0.1) is 3.57 Å². The van der Waals surface area contributed by atoms with E-state index in [1.807, 2.05) is 22.6 Å². The van der Waals surface area contributed by atoms with E-state index in [1.54, 1.807) is 12.1 Å². The highest BCUT2D eigenvalue weighted by molar-refractivity contribution is 14.1. The molecular formula is C15H18INO4. The molecule has 6 heteroatoms. The van der Waals surface area contributed by atoms with Crippen molar-refractivity contribution in [2.75, 3.05) is 0 Å². The van der Waals surface area contributed by atoms with Gasteiger partial charge in [-0.3, -0.25) is 4.79 Å². The molecule has 5 nitrogen and oxygen atoms in total. The molecule has 1 aromatic rings. The molecule has 3 N–H and O–H groups in total. The molecule has 1 unspecified atom stereocenters. The standard InChI is InChI=1S/C15H18INO4/c16-11-7-6-10(8-12(11)18)14(19)17-13(15(20)21)9-4-2-1-3-5-9/h6-9,13,18H,1-5H2,(H,17,19)(H,20,21). The van der Waals surface area contributed by atoms with Gasteiger partial charge >= 0.3 is 5.97 Å². The quantitative estimate of drug-likeness (QED) is 0.675. The van der Waals surface area contributed by atoms with Gasteiger partial charge in [0.2, 0.25) is 0 Å². The van der Waals surface area contributed by atoms with E-state index in [1.165, 1.54) is 6.07 Å². The number of benzene rings is 1. The van der Waals surface area contributed by atoms with E-state index in [2.05, 4.69) is 5.32 Å². The van der Waals surface area contributed by atoms with Crippen LogP contribution in [0.2, 0.25) is 0 Å². The molecule has 1 aliphatic carbocycles. The molecule has 1 aliphatic rings. The highest BCUT2D eigenvalue weighted by Gasteiger charge is 2.31. The molecule has 0 aromatic heterocycles. The van der Waals surface area contributed by atoms with Gasteiger partial charge in [0, 0.05) is 5.56 Å². The molecule has 0 heterocycles. The van der Waals surface area contributed by atoms with Crippen LogP contribution in [0.4, 0.5) is 0 Å². The molecule has 1 aromatic carbocycles. The SMILES string of the molecule is O=C(NC(C(=O)O)C1CCCCC1)c1ccc(I)c(O)c1. The lowest BCUT2D eigenvalue weighted by molar-refractivity contribution is -0.141. The van der Waals surface area contributed by atoms with Gasteiger partial charge in [-0.05, 0) is 59.5 Å². The summed E-state index contributed by atoms with van der Waals surface area (Å²) in [7, 11) is 0. The molecule has 1 saturated carbocycles. The third-order valence-electron chi connectivity index (χ3n) is 3.88. The van der Waals surface area contributed by atoms with E-state index in [4.69, 9.17) is 0 Å². The Balaban J connectivity index is 2.10. The minimum Gasteiger partial charge on any atom is -0.507 e. The van der Waals surface area contributed by atoms with Crippen molar-refractivity contribution >= 4 is 34.5 Å². The third kappa shape index (κ3) is 4.09. The largest absolute Gasteiger partial charge is 0.507 e. The lowest BCUT2D eigenvalue weighted by Crippen LogP contribution is -2.46. The molecule has 21 heavy (non-hydrogen) atoms. The molecule has 1 amide bonds. The van der Waals surface area contributed by atoms with E-state index in [9.17, 15) is 19.8 Å². The maximum atomic E-state index is 12.2. The number of aromatic hydroxyl groups is 1. The molecule has 0 saturated heterocycles. The number of amides is 1. The predicted molar refractivity (Wildman–Crippen MR) is 86.3 cm³/mol. The highest BCUT2D eigenvalue weighted by atomic mass is 127. The molecule has 2 rings (SSSR count). The molecule has 114 valence electrons. The van der Waals surface area contributed by atoms with E-state index in [0.29, 0.717) is 3.57 Å². The summed E-state index contributed by atoms with van der Waals surface area (Å²) < 4.78 is 0.645. The summed E-state index contributed by atoms with van der Waals surface area (Å²) in [4.78, 5) is 23.6. The fourth-order valence-electron chi connectivity index (χ4n) is 2.73. The average Bonchev–Trinajstić information content (AvgIpc) is 2.48. The summed E-state index contributed by atoms with van der Waals surface area (Å²) in [6.45, 7) is 0. The van der Waals surface area contributed by atoms with Gasteiger partial charge in [-0.15, -0.1) is 0 Å². The number of rotatable bonds is 4. The minimum absolute atomic E-state index is 0.0161. The van der Waals surface area contributed by atoms with Crippen molar-refractivity contribution in [1.82, 2.24) is 5.32 Å². The van der Waals surface area contributed by atoms with Crippen molar-refractivity contribution in [2.24, 2.45) is 5.92 Å². The van der Waals surface area contributed by atoms with Gasteiger partial charge in [-0.1, -0.05) is 19.3 Å². The summed E-state index contributed by atoms with van der Waals surface area (Å²) in [5.74, 6) is -1.45. The van der Waals surface area contributed by atoms with Crippen LogP contribution in [0.25, 0.3) is 0 Å². The number of carboxylic acid groups (broad SMARTS) is 1. The Kier molecular flexibility index (Phi) is 5.44. The van der Waals surface area contributed by atoms with E-state index >= 15 is 0 Å². The molecule has 0 radical (unpaired) electrons. The smallest absolute Gasteiger partial charge is 0.326 e. The number of aliphatic carboxylic acids is 1. The monoisotopic (exact) mass is 403 g/mol. The van der Waals surface area contributed by atoms with Gasteiger partial charge in [0.25, 0.3) is 5.91 Å². The second kappa shape index (κ2) is 7.11. The van der Waals surface area contributed by atoms with Crippen LogP contribution < -0.4 is 5.32 Å². The number of nitrogens with one attached hydrogen (secondary N) is 1. The third-order valence-corrected chi connectivity index (χ3v) is 4.79.